The Morgan fingerprint density at radius 3 is 2.16 bits per heavy atom. The summed E-state index contributed by atoms with van der Waals surface area (Å²) in [6, 6.07) is 14.7. The molecule has 0 aromatic heterocycles. The Hall–Kier alpha value is 0.270. The molecule has 0 atom stereocenters. The fourth-order valence-electron chi connectivity index (χ4n) is 1.07. The van der Waals surface area contributed by atoms with Crippen LogP contribution < -0.4 is 0 Å². The minimum atomic E-state index is -1.21. The van der Waals surface area contributed by atoms with Crippen molar-refractivity contribution < 1.29 is 29.8 Å². The van der Waals surface area contributed by atoms with Crippen LogP contribution in [0.15, 0.2) is 42.5 Å². The normalized spacial score (nSPS) is 6.84. The van der Waals surface area contributed by atoms with E-state index in [1.54, 1.807) is 0 Å². The maximum atomic E-state index is 9.01. The van der Waals surface area contributed by atoms with Gasteiger partial charge in [-0.1, -0.05) is 6.07 Å². The van der Waals surface area contributed by atoms with Gasteiger partial charge in [0.05, 0.1) is 0 Å². The van der Waals surface area contributed by atoms with Crippen molar-refractivity contribution in [2.75, 3.05) is 6.61 Å². The Morgan fingerprint density at radius 1 is 1.26 bits per heavy atom. The van der Waals surface area contributed by atoms with Gasteiger partial charge in [0.15, 0.2) is 0 Å². The van der Waals surface area contributed by atoms with Crippen molar-refractivity contribution in [3.05, 3.63) is 56.8 Å². The molecule has 1 N–H and O–H groups in total. The molecule has 0 bridgehead atoms. The van der Waals surface area contributed by atoms with E-state index in [2.05, 4.69) is 56.3 Å². The van der Waals surface area contributed by atoms with Crippen LogP contribution in [0.25, 0.3) is 10.8 Å². The molecule has 0 aliphatic rings. The largest absolute Gasteiger partial charge is 0.168 e. The molecule has 108 valence electrons. The Bertz CT molecular complexity index is 397. The number of hydrogen-bond acceptors (Lipinski definition) is 2. The fraction of sp³-hybridized carbons (Fsp3) is 0.154. The van der Waals surface area contributed by atoms with E-state index in [4.69, 9.17) is 7.92 Å². The quantitative estimate of drug-likeness (QED) is 0.590. The smallest absolute Gasteiger partial charge is 0.0809 e. The van der Waals surface area contributed by atoms with Gasteiger partial charge in [0.1, 0.15) is 0 Å². The summed E-state index contributed by atoms with van der Waals surface area (Å²) >= 11 is -1.21. The van der Waals surface area contributed by atoms with Crippen molar-refractivity contribution >= 4 is 42.5 Å². The molecular weight excluding hydrogens is 378 g/mol. The number of rotatable bonds is 1. The summed E-state index contributed by atoms with van der Waals surface area (Å²) in [5.41, 5.74) is 0. The Labute approximate surface area is 141 Å². The first-order valence-corrected chi connectivity index (χ1v) is 10.0. The second kappa shape index (κ2) is 20.6. The van der Waals surface area contributed by atoms with Crippen LogP contribution in [-0.2, 0) is 24.7 Å². The van der Waals surface area contributed by atoms with Gasteiger partial charge in [-0.3, -0.25) is 0 Å². The number of benzene rings is 1. The summed E-state index contributed by atoms with van der Waals surface area (Å²) < 4.78 is 9.01. The number of aliphatic hydroxyl groups is 1. The topological polar surface area (TPSA) is 37.3 Å². The second-order valence-electron chi connectivity index (χ2n) is 2.83. The maximum absolute atomic E-state index is 9.01. The minimum absolute atomic E-state index is 0. The molecule has 2 rings (SSSR count). The van der Waals surface area contributed by atoms with Crippen LogP contribution in [0.2, 0.25) is 0 Å². The van der Waals surface area contributed by atoms with E-state index < -0.39 is 21.9 Å². The molecule has 0 saturated heterocycles. The van der Waals surface area contributed by atoms with E-state index in [0.717, 1.165) is 0 Å². The van der Waals surface area contributed by atoms with Crippen molar-refractivity contribution in [3.63, 3.8) is 0 Å². The molecule has 0 saturated carbocycles. The third-order valence-corrected chi connectivity index (χ3v) is 1.71. The molecule has 0 heterocycles. The van der Waals surface area contributed by atoms with Gasteiger partial charge < -0.3 is 19.5 Å². The van der Waals surface area contributed by atoms with Crippen molar-refractivity contribution in [1.29, 1.82) is 0 Å². The summed E-state index contributed by atoms with van der Waals surface area (Å²) in [6.45, 7) is 6.36. The summed E-state index contributed by atoms with van der Waals surface area (Å²) in [5, 5.41) is 10.5. The van der Waals surface area contributed by atoms with Gasteiger partial charge in [-0.25, -0.2) is 0 Å². The molecule has 2 nitrogen and oxygen atoms in total. The minimum Gasteiger partial charge on any atom is -0.168 e. The predicted octanol–water partition coefficient (Wildman–Crippen LogP) is 3.55. The van der Waals surface area contributed by atoms with Crippen LogP contribution >= 0.6 is 24.8 Å². The van der Waals surface area contributed by atoms with Crippen molar-refractivity contribution in [3.8, 4) is 0 Å². The number of halogens is 2. The van der Waals surface area contributed by atoms with E-state index in [1.807, 2.05) is 0 Å². The zero-order valence-electron chi connectivity index (χ0n) is 10.8. The van der Waals surface area contributed by atoms with Crippen LogP contribution in [0, 0.1) is 14.4 Å². The molecular formula is C13H19Cl2O2SiZr-3. The summed E-state index contributed by atoms with van der Waals surface area (Å²) in [6.07, 6.45) is 0.625. The number of aliphatic hydroxyl groups excluding tert-OH is 1. The van der Waals surface area contributed by atoms with Gasteiger partial charge in [0, 0.05) is 6.61 Å². The van der Waals surface area contributed by atoms with Crippen molar-refractivity contribution in [2.24, 2.45) is 0 Å². The first-order chi connectivity index (χ1) is 7.79. The summed E-state index contributed by atoms with van der Waals surface area (Å²) in [4.78, 5) is 0. The summed E-state index contributed by atoms with van der Waals surface area (Å²) in [7, 11) is 0. The van der Waals surface area contributed by atoms with Gasteiger partial charge >= 0.3 is 31.5 Å². The number of fused-ring (bicyclic) bond motifs is 1. The molecule has 19 heavy (non-hydrogen) atoms. The average molecular weight is 398 g/mol. The van der Waals surface area contributed by atoms with Gasteiger partial charge in [-0.15, -0.1) is 54.5 Å². The molecule has 2 aromatic rings. The van der Waals surface area contributed by atoms with Gasteiger partial charge in [0.2, 0.25) is 0 Å². The van der Waals surface area contributed by atoms with Crippen molar-refractivity contribution in [1.82, 2.24) is 0 Å². The standard InChI is InChI=1S/C9H7.C3H7O.CH3.2ClH.O.Si.Zr/c1-2-5-9-7-3-6-8(9)4-1;1-2-3-4;;;;;;/h1-7H;4H,1-3H2;1H3;2*1H;;;/q3*-1;;;;;. The zero-order chi connectivity index (χ0) is 12.2. The van der Waals surface area contributed by atoms with Crippen LogP contribution in [0.3, 0.4) is 0 Å². The molecule has 0 aliphatic carbocycles. The first kappa shape index (κ1) is 27.6. The zero-order valence-corrected chi connectivity index (χ0v) is 15.9. The molecule has 0 unspecified atom stereocenters. The summed E-state index contributed by atoms with van der Waals surface area (Å²) in [5.74, 6) is 0. The van der Waals surface area contributed by atoms with Gasteiger partial charge in [0.25, 0.3) is 0 Å². The van der Waals surface area contributed by atoms with Crippen LogP contribution in [0.1, 0.15) is 6.42 Å². The third kappa shape index (κ3) is 14.5. The molecule has 0 amide bonds. The molecule has 6 heteroatoms. The SMILES string of the molecule is Cl.Cl.[CH2-]CCO.[CH3-].[O]=[Zr]=[Si].c1ccc2[cH-]ccc2c1. The Kier molecular flexibility index (Phi) is 29.9. The maximum Gasteiger partial charge on any atom is -0.0809 e. The van der Waals surface area contributed by atoms with E-state index >= 15 is 0 Å². The van der Waals surface area contributed by atoms with Gasteiger partial charge in [-0.2, -0.15) is 23.9 Å². The molecule has 2 radical (unpaired) electrons. The van der Waals surface area contributed by atoms with Crippen LogP contribution in [0.4, 0.5) is 0 Å². The van der Waals surface area contributed by atoms with E-state index in [1.165, 1.54) is 10.8 Å². The fourth-order valence-corrected chi connectivity index (χ4v) is 1.07. The first-order valence-electron chi connectivity index (χ1n) is 4.84. The molecule has 0 spiro atoms. The van der Waals surface area contributed by atoms with Crippen LogP contribution in [-0.4, -0.2) is 18.6 Å². The van der Waals surface area contributed by atoms with E-state index in [0.29, 0.717) is 6.42 Å². The van der Waals surface area contributed by atoms with Gasteiger partial charge in [-0.05, 0) is 0 Å². The van der Waals surface area contributed by atoms with E-state index in [-0.39, 0.29) is 38.8 Å². The third-order valence-electron chi connectivity index (χ3n) is 1.71. The van der Waals surface area contributed by atoms with Crippen LogP contribution in [0.5, 0.6) is 0 Å². The molecule has 0 aliphatic heterocycles. The molecule has 2 aromatic carbocycles. The second-order valence-corrected chi connectivity index (χ2v) is 4.54. The Balaban J connectivity index is -0.0000000994. The molecule has 0 fully saturated rings. The average Bonchev–Trinajstić information content (AvgIpc) is 2.78. The Morgan fingerprint density at radius 2 is 1.74 bits per heavy atom. The van der Waals surface area contributed by atoms with E-state index in [9.17, 15) is 0 Å². The monoisotopic (exact) mass is 395 g/mol. The van der Waals surface area contributed by atoms with Crippen molar-refractivity contribution in [2.45, 2.75) is 6.42 Å². The number of hydrogen-bond donors (Lipinski definition) is 1. The predicted molar refractivity (Wildman–Crippen MR) is 84.0 cm³/mol.